The number of nitrogens with one attached hydrogen (secondary N) is 1. The van der Waals surface area contributed by atoms with Crippen molar-refractivity contribution in [3.05, 3.63) is 24.3 Å². The number of carbonyl (C=O) groups excluding carboxylic acids is 2. The Labute approximate surface area is 157 Å². The maximum absolute atomic E-state index is 12.6. The van der Waals surface area contributed by atoms with E-state index in [2.05, 4.69) is 5.32 Å². The third-order valence-corrected chi connectivity index (χ3v) is 6.09. The molecule has 2 unspecified atom stereocenters. The van der Waals surface area contributed by atoms with Crippen LogP contribution in [0.3, 0.4) is 0 Å². The summed E-state index contributed by atoms with van der Waals surface area (Å²) in [6.45, 7) is -0.0702. The molecule has 0 radical (unpaired) electrons. The van der Waals surface area contributed by atoms with Crippen LogP contribution in [0.5, 0.6) is 0 Å². The topological polar surface area (TPSA) is 86.7 Å². The van der Waals surface area contributed by atoms with Crippen molar-refractivity contribution >= 4 is 35.2 Å². The molecule has 3 rings (SSSR count). The van der Waals surface area contributed by atoms with Gasteiger partial charge in [0.2, 0.25) is 11.8 Å². The van der Waals surface area contributed by atoms with Gasteiger partial charge < -0.3 is 15.3 Å². The first-order valence-electron chi connectivity index (χ1n) is 9.10. The molecule has 1 aromatic carbocycles. The number of amides is 2. The van der Waals surface area contributed by atoms with Gasteiger partial charge >= 0.3 is 5.97 Å². The summed E-state index contributed by atoms with van der Waals surface area (Å²) in [5.41, 5.74) is 0.747. The second-order valence-electron chi connectivity index (χ2n) is 6.85. The van der Waals surface area contributed by atoms with Gasteiger partial charge in [0.1, 0.15) is 6.54 Å². The Hall–Kier alpha value is -2.02. The molecule has 2 atom stereocenters. The zero-order valence-corrected chi connectivity index (χ0v) is 15.5. The Balaban J connectivity index is 1.69. The summed E-state index contributed by atoms with van der Waals surface area (Å²) in [7, 11) is 0. The monoisotopic (exact) mass is 376 g/mol. The first-order valence-corrected chi connectivity index (χ1v) is 10.1. The molecule has 0 aromatic heterocycles. The quantitative estimate of drug-likeness (QED) is 0.844. The SMILES string of the molecule is O=C(CN1C(=O)CSc2ccccc21)NC1CCCCCCC1C(=O)O. The minimum Gasteiger partial charge on any atom is -0.481 e. The minimum absolute atomic E-state index is 0.0702. The molecule has 26 heavy (non-hydrogen) atoms. The van der Waals surface area contributed by atoms with Crippen LogP contribution < -0.4 is 10.2 Å². The number of benzene rings is 1. The normalized spacial score (nSPS) is 23.5. The molecule has 1 saturated carbocycles. The zero-order valence-electron chi connectivity index (χ0n) is 14.6. The number of carbonyl (C=O) groups is 3. The highest BCUT2D eigenvalue weighted by atomic mass is 32.2. The molecule has 1 aliphatic heterocycles. The number of carboxylic acid groups (broad SMARTS) is 1. The molecule has 0 bridgehead atoms. The molecule has 140 valence electrons. The highest BCUT2D eigenvalue weighted by Crippen LogP contribution is 2.34. The van der Waals surface area contributed by atoms with Crippen molar-refractivity contribution < 1.29 is 19.5 Å². The fourth-order valence-corrected chi connectivity index (χ4v) is 4.61. The average Bonchev–Trinajstić information content (AvgIpc) is 2.59. The molecule has 1 aromatic rings. The van der Waals surface area contributed by atoms with Crippen LogP contribution in [-0.2, 0) is 14.4 Å². The zero-order chi connectivity index (χ0) is 18.5. The number of thioether (sulfide) groups is 1. The minimum atomic E-state index is -0.854. The second kappa shape index (κ2) is 8.58. The number of fused-ring (bicyclic) bond motifs is 1. The van der Waals surface area contributed by atoms with E-state index in [1.165, 1.54) is 16.7 Å². The Bertz CT molecular complexity index is 694. The van der Waals surface area contributed by atoms with E-state index in [1.54, 1.807) is 0 Å². The van der Waals surface area contributed by atoms with Crippen molar-refractivity contribution in [3.8, 4) is 0 Å². The molecule has 2 amide bonds. The Kier molecular flexibility index (Phi) is 6.19. The van der Waals surface area contributed by atoms with Crippen LogP contribution in [0.1, 0.15) is 38.5 Å². The summed E-state index contributed by atoms with van der Waals surface area (Å²) >= 11 is 1.47. The molecule has 0 saturated heterocycles. The molecule has 2 aliphatic rings. The standard InChI is InChI=1S/C19H24N2O4S/c22-17(20-14-8-4-2-1-3-7-13(14)19(24)25)11-21-15-9-5-6-10-16(15)26-12-18(21)23/h5-6,9-10,13-14H,1-4,7-8,11-12H2,(H,20,22)(H,24,25). The van der Waals surface area contributed by atoms with Gasteiger partial charge in [0.25, 0.3) is 0 Å². The number of carboxylic acids is 1. The van der Waals surface area contributed by atoms with Crippen LogP contribution in [0.2, 0.25) is 0 Å². The summed E-state index contributed by atoms with van der Waals surface area (Å²) in [5.74, 6) is -1.49. The van der Waals surface area contributed by atoms with Gasteiger partial charge in [-0.25, -0.2) is 0 Å². The predicted molar refractivity (Wildman–Crippen MR) is 100 cm³/mol. The first kappa shape index (κ1) is 18.8. The van der Waals surface area contributed by atoms with E-state index in [1.807, 2.05) is 24.3 Å². The predicted octanol–water partition coefficient (Wildman–Crippen LogP) is 2.67. The number of hydrogen-bond donors (Lipinski definition) is 2. The van der Waals surface area contributed by atoms with E-state index in [0.29, 0.717) is 18.6 Å². The largest absolute Gasteiger partial charge is 0.481 e. The van der Waals surface area contributed by atoms with Crippen LogP contribution in [0.15, 0.2) is 29.2 Å². The van der Waals surface area contributed by atoms with E-state index in [9.17, 15) is 19.5 Å². The van der Waals surface area contributed by atoms with Crippen molar-refractivity contribution in [2.75, 3.05) is 17.2 Å². The van der Waals surface area contributed by atoms with Gasteiger partial charge in [-0.1, -0.05) is 37.8 Å². The van der Waals surface area contributed by atoms with Crippen LogP contribution in [0, 0.1) is 5.92 Å². The molecular formula is C19H24N2O4S. The van der Waals surface area contributed by atoms with Gasteiger partial charge in [-0.15, -0.1) is 11.8 Å². The molecular weight excluding hydrogens is 352 g/mol. The van der Waals surface area contributed by atoms with E-state index >= 15 is 0 Å². The van der Waals surface area contributed by atoms with Gasteiger partial charge in [0.15, 0.2) is 0 Å². The highest BCUT2D eigenvalue weighted by Gasteiger charge is 2.31. The Morgan fingerprint density at radius 3 is 2.65 bits per heavy atom. The van der Waals surface area contributed by atoms with Crippen molar-refractivity contribution in [2.45, 2.75) is 49.5 Å². The lowest BCUT2D eigenvalue weighted by atomic mass is 9.87. The lowest BCUT2D eigenvalue weighted by Crippen LogP contribution is -2.49. The summed E-state index contributed by atoms with van der Waals surface area (Å²) in [6.07, 6.45) is 5.15. The van der Waals surface area contributed by atoms with E-state index < -0.39 is 11.9 Å². The lowest BCUT2D eigenvalue weighted by Gasteiger charge is -2.31. The summed E-state index contributed by atoms with van der Waals surface area (Å²) < 4.78 is 0. The Morgan fingerprint density at radius 1 is 1.15 bits per heavy atom. The molecule has 6 nitrogen and oxygen atoms in total. The lowest BCUT2D eigenvalue weighted by molar-refractivity contribution is -0.143. The maximum atomic E-state index is 12.6. The molecule has 0 spiro atoms. The number of rotatable bonds is 4. The number of para-hydroxylation sites is 1. The first-order chi connectivity index (χ1) is 12.6. The van der Waals surface area contributed by atoms with Crippen molar-refractivity contribution in [3.63, 3.8) is 0 Å². The third kappa shape index (κ3) is 4.38. The van der Waals surface area contributed by atoms with Crippen LogP contribution >= 0.6 is 11.8 Å². The number of nitrogens with zero attached hydrogens (tertiary/aromatic N) is 1. The molecule has 2 N–H and O–H groups in total. The van der Waals surface area contributed by atoms with Gasteiger partial charge in [-0.05, 0) is 25.0 Å². The Morgan fingerprint density at radius 2 is 1.88 bits per heavy atom. The fraction of sp³-hybridized carbons (Fsp3) is 0.526. The van der Waals surface area contributed by atoms with Gasteiger partial charge in [-0.2, -0.15) is 0 Å². The van der Waals surface area contributed by atoms with Crippen molar-refractivity contribution in [1.29, 1.82) is 0 Å². The summed E-state index contributed by atoms with van der Waals surface area (Å²) in [5, 5.41) is 12.4. The van der Waals surface area contributed by atoms with Gasteiger partial charge in [0.05, 0.1) is 17.4 Å². The second-order valence-corrected chi connectivity index (χ2v) is 7.86. The summed E-state index contributed by atoms with van der Waals surface area (Å²) in [4.78, 5) is 39.0. The van der Waals surface area contributed by atoms with Gasteiger partial charge in [-0.3, -0.25) is 14.4 Å². The molecule has 7 heteroatoms. The number of anilines is 1. The van der Waals surface area contributed by atoms with E-state index in [4.69, 9.17) is 0 Å². The third-order valence-electron chi connectivity index (χ3n) is 5.04. The highest BCUT2D eigenvalue weighted by molar-refractivity contribution is 8.00. The van der Waals surface area contributed by atoms with E-state index in [-0.39, 0.29) is 24.4 Å². The molecule has 1 fully saturated rings. The van der Waals surface area contributed by atoms with E-state index in [0.717, 1.165) is 36.3 Å². The maximum Gasteiger partial charge on any atom is 0.308 e. The summed E-state index contributed by atoms with van der Waals surface area (Å²) in [6, 6.07) is 7.16. The van der Waals surface area contributed by atoms with Crippen LogP contribution in [0.4, 0.5) is 5.69 Å². The van der Waals surface area contributed by atoms with Gasteiger partial charge in [0, 0.05) is 10.9 Å². The van der Waals surface area contributed by atoms with Crippen LogP contribution in [0.25, 0.3) is 0 Å². The molecule has 1 heterocycles. The average molecular weight is 376 g/mol. The van der Waals surface area contributed by atoms with Crippen molar-refractivity contribution in [1.82, 2.24) is 5.32 Å². The smallest absolute Gasteiger partial charge is 0.308 e. The molecule has 1 aliphatic carbocycles. The number of hydrogen-bond acceptors (Lipinski definition) is 4. The fourth-order valence-electron chi connectivity index (χ4n) is 3.68. The number of aliphatic carboxylic acids is 1. The van der Waals surface area contributed by atoms with Crippen LogP contribution in [-0.4, -0.2) is 41.2 Å². The van der Waals surface area contributed by atoms with Crippen molar-refractivity contribution in [2.24, 2.45) is 5.92 Å².